The van der Waals surface area contributed by atoms with Crippen LogP contribution in [-0.2, 0) is 16.1 Å². The first kappa shape index (κ1) is 21.3. The minimum atomic E-state index is -0.275. The van der Waals surface area contributed by atoms with Crippen molar-refractivity contribution < 1.29 is 9.53 Å². The van der Waals surface area contributed by atoms with Crippen molar-refractivity contribution in [1.82, 2.24) is 29.7 Å². The van der Waals surface area contributed by atoms with Gasteiger partial charge in [-0.2, -0.15) is 5.10 Å². The molecular formula is C22H34N6O2S. The van der Waals surface area contributed by atoms with E-state index in [-0.39, 0.29) is 11.3 Å². The highest BCUT2D eigenvalue weighted by atomic mass is 32.1. The van der Waals surface area contributed by atoms with Gasteiger partial charge in [-0.25, -0.2) is 9.50 Å². The van der Waals surface area contributed by atoms with Crippen molar-refractivity contribution in [2.45, 2.75) is 52.1 Å². The zero-order valence-corrected chi connectivity index (χ0v) is 19.5. The molecule has 2 aromatic heterocycles. The fourth-order valence-corrected chi connectivity index (χ4v) is 6.65. The minimum absolute atomic E-state index is 0.219. The Bertz CT molecular complexity index is 891. The first-order valence-electron chi connectivity index (χ1n) is 11.7. The van der Waals surface area contributed by atoms with Crippen LogP contribution >= 0.6 is 11.3 Å². The van der Waals surface area contributed by atoms with E-state index < -0.39 is 0 Å². The molecule has 3 atom stereocenters. The minimum Gasteiger partial charge on any atom is -0.379 e. The Morgan fingerprint density at radius 3 is 2.94 bits per heavy atom. The highest BCUT2D eigenvalue weighted by molar-refractivity contribution is 7.16. The molecule has 0 aromatic carbocycles. The van der Waals surface area contributed by atoms with E-state index in [0.717, 1.165) is 87.3 Å². The van der Waals surface area contributed by atoms with Gasteiger partial charge in [-0.1, -0.05) is 18.3 Å². The lowest BCUT2D eigenvalue weighted by Crippen LogP contribution is -2.60. The predicted molar refractivity (Wildman–Crippen MR) is 120 cm³/mol. The SMILES string of the molecule is CCN1CC[C@@H]2C[C@@H](N3CCOCC3)CC[C@@]2(C(=O)NCc2cn3nc(C)sc3n2)C1. The molecule has 0 spiro atoms. The fraction of sp³-hybridized carbons (Fsp3) is 0.773. The molecule has 1 amide bonds. The van der Waals surface area contributed by atoms with Crippen molar-refractivity contribution in [2.24, 2.45) is 11.3 Å². The van der Waals surface area contributed by atoms with Crippen LogP contribution in [0.2, 0.25) is 0 Å². The second kappa shape index (κ2) is 8.77. The van der Waals surface area contributed by atoms with Gasteiger partial charge in [-0.15, -0.1) is 0 Å². The molecule has 1 saturated carbocycles. The lowest BCUT2D eigenvalue weighted by molar-refractivity contribution is -0.145. The molecule has 2 saturated heterocycles. The van der Waals surface area contributed by atoms with Crippen LogP contribution in [0.4, 0.5) is 0 Å². The Morgan fingerprint density at radius 1 is 1.32 bits per heavy atom. The average molecular weight is 447 g/mol. The third-order valence-corrected chi connectivity index (χ3v) is 8.48. The number of hydrogen-bond acceptors (Lipinski definition) is 7. The number of likely N-dealkylation sites (tertiary alicyclic amines) is 1. The molecule has 9 heteroatoms. The van der Waals surface area contributed by atoms with Gasteiger partial charge < -0.3 is 15.0 Å². The summed E-state index contributed by atoms with van der Waals surface area (Å²) in [5, 5.41) is 8.69. The molecule has 1 N–H and O–H groups in total. The standard InChI is InChI=1S/C22H34N6O2S/c1-3-26-7-5-17-12-19(27-8-10-30-11-9-27)4-6-22(17,15-26)20(29)23-13-18-14-28-21(24-18)31-16(2)25-28/h14,17,19H,3-13,15H2,1-2H3,(H,23,29)/t17-,19+,22-/m1/s1. The molecule has 4 heterocycles. The van der Waals surface area contributed by atoms with E-state index in [1.807, 2.05) is 17.6 Å². The van der Waals surface area contributed by atoms with Crippen LogP contribution in [-0.4, -0.2) is 82.3 Å². The van der Waals surface area contributed by atoms with Gasteiger partial charge >= 0.3 is 0 Å². The van der Waals surface area contributed by atoms with E-state index in [1.54, 1.807) is 11.3 Å². The number of nitrogens with one attached hydrogen (secondary N) is 1. The largest absolute Gasteiger partial charge is 0.379 e. The zero-order chi connectivity index (χ0) is 21.4. The Kier molecular flexibility index (Phi) is 6.02. The molecule has 31 heavy (non-hydrogen) atoms. The van der Waals surface area contributed by atoms with Crippen LogP contribution < -0.4 is 5.32 Å². The Hall–Kier alpha value is -1.55. The van der Waals surface area contributed by atoms with Crippen LogP contribution in [0, 0.1) is 18.3 Å². The molecule has 0 bridgehead atoms. The van der Waals surface area contributed by atoms with Crippen LogP contribution in [0.3, 0.4) is 0 Å². The summed E-state index contributed by atoms with van der Waals surface area (Å²) in [6.45, 7) is 11.4. The smallest absolute Gasteiger partial charge is 0.228 e. The number of hydrogen-bond donors (Lipinski definition) is 1. The molecule has 8 nitrogen and oxygen atoms in total. The van der Waals surface area contributed by atoms with E-state index in [9.17, 15) is 4.79 Å². The molecule has 3 aliphatic rings. The van der Waals surface area contributed by atoms with Gasteiger partial charge in [-0.05, 0) is 51.6 Å². The fourth-order valence-electron chi connectivity index (χ4n) is 5.91. The first-order chi connectivity index (χ1) is 15.1. The summed E-state index contributed by atoms with van der Waals surface area (Å²) < 4.78 is 7.37. The summed E-state index contributed by atoms with van der Waals surface area (Å²) in [4.78, 5) is 24.2. The first-order valence-corrected chi connectivity index (χ1v) is 12.5. The average Bonchev–Trinajstić information content (AvgIpc) is 3.34. The third-order valence-electron chi connectivity index (χ3n) is 7.65. The monoisotopic (exact) mass is 446 g/mol. The number of aryl methyl sites for hydroxylation is 1. The maximum absolute atomic E-state index is 13.7. The van der Waals surface area contributed by atoms with Gasteiger partial charge in [0.25, 0.3) is 0 Å². The normalized spacial score (nSPS) is 30.4. The summed E-state index contributed by atoms with van der Waals surface area (Å²) in [5.41, 5.74) is 0.605. The summed E-state index contributed by atoms with van der Waals surface area (Å²) >= 11 is 1.58. The maximum atomic E-state index is 13.7. The van der Waals surface area contributed by atoms with Crippen molar-refractivity contribution in [3.05, 3.63) is 16.9 Å². The van der Waals surface area contributed by atoms with Crippen LogP contribution in [0.25, 0.3) is 4.96 Å². The lowest BCUT2D eigenvalue weighted by Gasteiger charge is -2.53. The van der Waals surface area contributed by atoms with Gasteiger partial charge in [0, 0.05) is 25.7 Å². The quantitative estimate of drug-likeness (QED) is 0.757. The molecule has 3 fully saturated rings. The van der Waals surface area contributed by atoms with E-state index in [1.165, 1.54) is 0 Å². The molecule has 0 radical (unpaired) electrons. The number of ether oxygens (including phenoxy) is 1. The number of nitrogens with zero attached hydrogens (tertiary/aromatic N) is 5. The van der Waals surface area contributed by atoms with Gasteiger partial charge in [-0.3, -0.25) is 9.69 Å². The van der Waals surface area contributed by atoms with E-state index in [4.69, 9.17) is 4.74 Å². The topological polar surface area (TPSA) is 75.0 Å². The molecular weight excluding hydrogens is 412 g/mol. The van der Waals surface area contributed by atoms with Crippen molar-refractivity contribution in [2.75, 3.05) is 45.9 Å². The van der Waals surface area contributed by atoms with Gasteiger partial charge in [0.05, 0.1) is 37.1 Å². The van der Waals surface area contributed by atoms with Crippen molar-refractivity contribution in [3.8, 4) is 0 Å². The number of morpholine rings is 1. The van der Waals surface area contributed by atoms with Crippen LogP contribution in [0.15, 0.2) is 6.20 Å². The predicted octanol–water partition coefficient (Wildman–Crippen LogP) is 1.93. The number of amides is 1. The van der Waals surface area contributed by atoms with E-state index >= 15 is 0 Å². The number of piperidine rings is 1. The third kappa shape index (κ3) is 4.13. The van der Waals surface area contributed by atoms with Crippen molar-refractivity contribution in [1.29, 1.82) is 0 Å². The molecule has 0 unspecified atom stereocenters. The summed E-state index contributed by atoms with van der Waals surface area (Å²) in [6.07, 6.45) is 6.26. The second-order valence-corrected chi connectivity index (χ2v) is 10.5. The Morgan fingerprint density at radius 2 is 2.16 bits per heavy atom. The molecule has 5 rings (SSSR count). The molecule has 1 aliphatic carbocycles. The molecule has 170 valence electrons. The Balaban J connectivity index is 1.29. The number of carbonyl (C=O) groups excluding carboxylic acids is 1. The molecule has 2 aromatic rings. The van der Waals surface area contributed by atoms with Gasteiger partial charge in [0.1, 0.15) is 5.01 Å². The highest BCUT2D eigenvalue weighted by Crippen LogP contribution is 2.47. The number of imidazole rings is 1. The second-order valence-electron chi connectivity index (χ2n) is 9.35. The number of rotatable bonds is 5. The molecule has 2 aliphatic heterocycles. The number of carbonyl (C=O) groups is 1. The van der Waals surface area contributed by atoms with Crippen LogP contribution in [0.5, 0.6) is 0 Å². The van der Waals surface area contributed by atoms with Crippen molar-refractivity contribution in [3.63, 3.8) is 0 Å². The van der Waals surface area contributed by atoms with Crippen molar-refractivity contribution >= 4 is 22.2 Å². The summed E-state index contributed by atoms with van der Waals surface area (Å²) in [6, 6.07) is 0.595. The number of fused-ring (bicyclic) bond motifs is 2. The summed E-state index contributed by atoms with van der Waals surface area (Å²) in [5.74, 6) is 0.670. The summed E-state index contributed by atoms with van der Waals surface area (Å²) in [7, 11) is 0. The number of aromatic nitrogens is 3. The lowest BCUT2D eigenvalue weighted by atomic mass is 9.61. The maximum Gasteiger partial charge on any atom is 0.228 e. The van der Waals surface area contributed by atoms with E-state index in [0.29, 0.717) is 18.5 Å². The highest BCUT2D eigenvalue weighted by Gasteiger charge is 2.52. The van der Waals surface area contributed by atoms with Gasteiger partial charge in [0.15, 0.2) is 0 Å². The van der Waals surface area contributed by atoms with E-state index in [2.05, 4.69) is 32.1 Å². The Labute approximate surface area is 187 Å². The van der Waals surface area contributed by atoms with Gasteiger partial charge in [0.2, 0.25) is 10.9 Å². The van der Waals surface area contributed by atoms with Crippen LogP contribution in [0.1, 0.15) is 43.3 Å². The zero-order valence-electron chi connectivity index (χ0n) is 18.7.